The molecular formula is C5H10O4S3. The second-order valence-electron chi connectivity index (χ2n) is 1.82. The summed E-state index contributed by atoms with van der Waals surface area (Å²) in [6.45, 7) is 2.26. The largest absolute Gasteiger partial charge is 0.479 e. The topological polar surface area (TPSA) is 63.6 Å². The van der Waals surface area contributed by atoms with Crippen LogP contribution in [0.2, 0.25) is 0 Å². The standard InChI is InChI=1S/C5H10O4S3/c1-2-9-5(10)11-3-4-12(6,7)8/h2-4H2,1H3,(H,6,7,8). The van der Waals surface area contributed by atoms with E-state index < -0.39 is 10.1 Å². The zero-order chi connectivity index (χ0) is 9.61. The van der Waals surface area contributed by atoms with E-state index in [1.54, 1.807) is 6.92 Å². The van der Waals surface area contributed by atoms with Crippen molar-refractivity contribution < 1.29 is 17.7 Å². The number of ether oxygens (including phenoxy) is 1. The van der Waals surface area contributed by atoms with Crippen LogP contribution >= 0.6 is 24.0 Å². The van der Waals surface area contributed by atoms with Gasteiger partial charge in [0.25, 0.3) is 10.1 Å². The lowest BCUT2D eigenvalue weighted by Gasteiger charge is -2.02. The van der Waals surface area contributed by atoms with Crippen LogP contribution in [0.5, 0.6) is 0 Å². The van der Waals surface area contributed by atoms with Crippen molar-refractivity contribution in [2.45, 2.75) is 6.92 Å². The van der Waals surface area contributed by atoms with Crippen LogP contribution in [-0.2, 0) is 14.9 Å². The molecule has 0 aromatic rings. The minimum absolute atomic E-state index is 0.220. The molecule has 0 aromatic carbocycles. The first-order chi connectivity index (χ1) is 5.45. The highest BCUT2D eigenvalue weighted by atomic mass is 32.2. The van der Waals surface area contributed by atoms with Crippen molar-refractivity contribution in [1.82, 2.24) is 0 Å². The van der Waals surface area contributed by atoms with Gasteiger partial charge in [0.2, 0.25) is 4.38 Å². The Morgan fingerprint density at radius 2 is 2.25 bits per heavy atom. The average molecular weight is 230 g/mol. The second-order valence-corrected chi connectivity index (χ2v) is 5.09. The maximum Gasteiger partial charge on any atom is 0.265 e. The average Bonchev–Trinajstić information content (AvgIpc) is 1.84. The Morgan fingerprint density at radius 3 is 2.67 bits per heavy atom. The SMILES string of the molecule is CCOC(=S)SCCS(=O)(=O)O. The third-order valence-corrected chi connectivity index (χ3v) is 3.04. The molecule has 0 aliphatic heterocycles. The summed E-state index contributed by atoms with van der Waals surface area (Å²) in [6, 6.07) is 0. The van der Waals surface area contributed by atoms with Crippen LogP contribution in [0.1, 0.15) is 6.92 Å². The first-order valence-electron chi connectivity index (χ1n) is 3.20. The molecule has 72 valence electrons. The molecule has 0 saturated heterocycles. The van der Waals surface area contributed by atoms with Crippen molar-refractivity contribution in [3.8, 4) is 0 Å². The third kappa shape index (κ3) is 8.25. The van der Waals surface area contributed by atoms with Gasteiger partial charge in [-0.25, -0.2) is 0 Å². The molecule has 0 aromatic heterocycles. The first-order valence-corrected chi connectivity index (χ1v) is 6.20. The van der Waals surface area contributed by atoms with Gasteiger partial charge in [-0.05, 0) is 19.1 Å². The molecule has 0 aliphatic rings. The molecule has 0 spiro atoms. The Hall–Kier alpha value is 0.150. The number of thiocarbonyl (C=S) groups is 1. The first kappa shape index (κ1) is 12.2. The predicted molar refractivity (Wildman–Crippen MR) is 53.1 cm³/mol. The van der Waals surface area contributed by atoms with Crippen molar-refractivity contribution in [2.75, 3.05) is 18.1 Å². The summed E-state index contributed by atoms with van der Waals surface area (Å²) in [5, 5.41) is 0. The highest BCUT2D eigenvalue weighted by Crippen LogP contribution is 2.06. The summed E-state index contributed by atoms with van der Waals surface area (Å²) < 4.78 is 34.0. The van der Waals surface area contributed by atoms with Crippen molar-refractivity contribution in [3.63, 3.8) is 0 Å². The zero-order valence-electron chi connectivity index (χ0n) is 6.52. The summed E-state index contributed by atoms with van der Waals surface area (Å²) in [5.74, 6) is -0.0808. The van der Waals surface area contributed by atoms with E-state index in [-0.39, 0.29) is 11.5 Å². The number of hydrogen-bond donors (Lipinski definition) is 1. The molecule has 0 rings (SSSR count). The Balaban J connectivity index is 3.51. The zero-order valence-corrected chi connectivity index (χ0v) is 8.97. The molecule has 0 amide bonds. The maximum atomic E-state index is 10.2. The predicted octanol–water partition coefficient (Wildman–Crippen LogP) is 0.929. The van der Waals surface area contributed by atoms with Gasteiger partial charge in [0, 0.05) is 5.75 Å². The van der Waals surface area contributed by atoms with Crippen molar-refractivity contribution >= 4 is 38.5 Å². The second kappa shape index (κ2) is 5.74. The number of hydrogen-bond acceptors (Lipinski definition) is 5. The molecular weight excluding hydrogens is 220 g/mol. The van der Waals surface area contributed by atoms with Gasteiger partial charge in [0.05, 0.1) is 12.4 Å². The van der Waals surface area contributed by atoms with Gasteiger partial charge >= 0.3 is 0 Å². The van der Waals surface area contributed by atoms with Crippen LogP contribution in [-0.4, -0.2) is 35.5 Å². The van der Waals surface area contributed by atoms with Gasteiger partial charge in [-0.1, -0.05) is 11.8 Å². The highest BCUT2D eigenvalue weighted by molar-refractivity contribution is 8.22. The molecule has 4 nitrogen and oxygen atoms in total. The van der Waals surface area contributed by atoms with Crippen LogP contribution < -0.4 is 0 Å². The quantitative estimate of drug-likeness (QED) is 0.572. The van der Waals surface area contributed by atoms with Crippen LogP contribution in [0.3, 0.4) is 0 Å². The molecule has 0 atom stereocenters. The normalized spacial score (nSPS) is 11.2. The molecule has 0 heterocycles. The third-order valence-electron chi connectivity index (χ3n) is 0.823. The minimum atomic E-state index is -3.87. The van der Waals surface area contributed by atoms with E-state index in [0.29, 0.717) is 11.0 Å². The Bertz CT molecular complexity index is 233. The smallest absolute Gasteiger partial charge is 0.265 e. The van der Waals surface area contributed by atoms with Crippen LogP contribution in [0.4, 0.5) is 0 Å². The van der Waals surface area contributed by atoms with E-state index in [1.807, 2.05) is 0 Å². The molecule has 0 saturated carbocycles. The lowest BCUT2D eigenvalue weighted by atomic mass is 10.9. The Morgan fingerprint density at radius 1 is 1.67 bits per heavy atom. The van der Waals surface area contributed by atoms with E-state index >= 15 is 0 Å². The maximum absolute atomic E-state index is 10.2. The van der Waals surface area contributed by atoms with Crippen LogP contribution in [0.15, 0.2) is 0 Å². The molecule has 0 bridgehead atoms. The van der Waals surface area contributed by atoms with Crippen molar-refractivity contribution in [2.24, 2.45) is 0 Å². The van der Waals surface area contributed by atoms with E-state index in [2.05, 4.69) is 0 Å². The van der Waals surface area contributed by atoms with Gasteiger partial charge < -0.3 is 4.74 Å². The molecule has 12 heavy (non-hydrogen) atoms. The van der Waals surface area contributed by atoms with Gasteiger partial charge in [0.1, 0.15) is 0 Å². The fourth-order valence-corrected chi connectivity index (χ4v) is 2.30. The minimum Gasteiger partial charge on any atom is -0.479 e. The summed E-state index contributed by atoms with van der Waals surface area (Å²) >= 11 is 5.80. The van der Waals surface area contributed by atoms with E-state index in [0.717, 1.165) is 11.8 Å². The molecule has 0 aliphatic carbocycles. The van der Waals surface area contributed by atoms with Crippen LogP contribution in [0, 0.1) is 0 Å². The van der Waals surface area contributed by atoms with E-state index in [4.69, 9.17) is 21.5 Å². The lowest BCUT2D eigenvalue weighted by Crippen LogP contribution is -2.08. The Kier molecular flexibility index (Phi) is 5.81. The lowest BCUT2D eigenvalue weighted by molar-refractivity contribution is 0.346. The van der Waals surface area contributed by atoms with E-state index in [9.17, 15) is 8.42 Å². The number of rotatable bonds is 4. The molecule has 0 fully saturated rings. The molecule has 7 heteroatoms. The highest BCUT2D eigenvalue weighted by Gasteiger charge is 2.05. The fourth-order valence-electron chi connectivity index (χ4n) is 0.390. The van der Waals surface area contributed by atoms with Crippen LogP contribution in [0.25, 0.3) is 0 Å². The van der Waals surface area contributed by atoms with Gasteiger partial charge in [-0.2, -0.15) is 8.42 Å². The van der Waals surface area contributed by atoms with Gasteiger partial charge in [0.15, 0.2) is 0 Å². The number of thioether (sulfide) groups is 1. The van der Waals surface area contributed by atoms with Gasteiger partial charge in [-0.3, -0.25) is 4.55 Å². The fraction of sp³-hybridized carbons (Fsp3) is 0.800. The monoisotopic (exact) mass is 230 g/mol. The summed E-state index contributed by atoms with van der Waals surface area (Å²) in [7, 11) is -3.87. The summed E-state index contributed by atoms with van der Waals surface area (Å²) in [6.07, 6.45) is 0. The van der Waals surface area contributed by atoms with Crippen molar-refractivity contribution in [3.05, 3.63) is 0 Å². The molecule has 0 unspecified atom stereocenters. The summed E-state index contributed by atoms with van der Waals surface area (Å²) in [4.78, 5) is 0. The summed E-state index contributed by atoms with van der Waals surface area (Å²) in [5.41, 5.74) is 0. The molecule has 0 radical (unpaired) electrons. The Labute approximate surface area is 81.4 Å². The van der Waals surface area contributed by atoms with E-state index in [1.165, 1.54) is 0 Å². The molecule has 1 N–H and O–H groups in total. The van der Waals surface area contributed by atoms with Gasteiger partial charge in [-0.15, -0.1) is 0 Å². The van der Waals surface area contributed by atoms with Crippen molar-refractivity contribution in [1.29, 1.82) is 0 Å².